The number of thiol groups is 1. The van der Waals surface area contributed by atoms with Crippen LogP contribution in [0.3, 0.4) is 0 Å². The summed E-state index contributed by atoms with van der Waals surface area (Å²) in [5, 5.41) is 9.38. The third-order valence-corrected chi connectivity index (χ3v) is 2.15. The number of hydrogen-bond donors (Lipinski definition) is 2. The SMILES string of the molecule is BCc1cc(CCS)ccc1O. The Bertz CT molecular complexity index is 263. The Morgan fingerprint density at radius 1 is 1.42 bits per heavy atom. The van der Waals surface area contributed by atoms with E-state index >= 15 is 0 Å². The molecule has 1 aromatic carbocycles. The van der Waals surface area contributed by atoms with Crippen molar-refractivity contribution in [2.75, 3.05) is 5.75 Å². The van der Waals surface area contributed by atoms with Crippen molar-refractivity contribution in [1.82, 2.24) is 0 Å². The third kappa shape index (κ3) is 2.21. The molecule has 0 spiro atoms. The molecule has 0 aliphatic heterocycles. The molecule has 64 valence electrons. The molecule has 0 atom stereocenters. The lowest BCUT2D eigenvalue weighted by Crippen LogP contribution is -1.90. The summed E-state index contributed by atoms with van der Waals surface area (Å²) in [4.78, 5) is 0. The van der Waals surface area contributed by atoms with Gasteiger partial charge in [-0.05, 0) is 29.4 Å². The summed E-state index contributed by atoms with van der Waals surface area (Å²) in [7, 11) is 2.04. The molecule has 3 heteroatoms. The number of benzene rings is 1. The fourth-order valence-electron chi connectivity index (χ4n) is 1.21. The minimum atomic E-state index is 0.403. The Kier molecular flexibility index (Phi) is 3.54. The molecule has 0 saturated carbocycles. The van der Waals surface area contributed by atoms with Crippen molar-refractivity contribution in [3.8, 4) is 5.75 Å². The minimum Gasteiger partial charge on any atom is -0.508 e. The molecule has 1 aromatic rings. The van der Waals surface area contributed by atoms with E-state index < -0.39 is 0 Å². The summed E-state index contributed by atoms with van der Waals surface area (Å²) in [5.74, 6) is 1.26. The topological polar surface area (TPSA) is 20.2 Å². The van der Waals surface area contributed by atoms with E-state index in [4.69, 9.17) is 0 Å². The second-order valence-electron chi connectivity index (χ2n) is 2.79. The first-order chi connectivity index (χ1) is 5.77. The summed E-state index contributed by atoms with van der Waals surface area (Å²) in [6, 6.07) is 5.76. The van der Waals surface area contributed by atoms with Crippen LogP contribution >= 0.6 is 12.6 Å². The fraction of sp³-hybridized carbons (Fsp3) is 0.333. The maximum absolute atomic E-state index is 9.38. The van der Waals surface area contributed by atoms with Gasteiger partial charge in [0.15, 0.2) is 0 Å². The van der Waals surface area contributed by atoms with Crippen molar-refractivity contribution in [3.05, 3.63) is 29.3 Å². The standard InChI is InChI=1S/C9H13BOS/c10-6-8-5-7(3-4-12)1-2-9(8)11/h1-2,5,11-12H,3-4,6,10H2. The number of phenolic OH excluding ortho intramolecular Hbond substituents is 1. The first-order valence-corrected chi connectivity index (χ1v) is 4.82. The van der Waals surface area contributed by atoms with Gasteiger partial charge in [-0.1, -0.05) is 18.5 Å². The van der Waals surface area contributed by atoms with Crippen molar-refractivity contribution < 1.29 is 5.11 Å². The molecule has 0 bridgehead atoms. The van der Waals surface area contributed by atoms with E-state index in [1.807, 2.05) is 20.0 Å². The zero-order valence-electron chi connectivity index (χ0n) is 7.25. The number of aryl methyl sites for hydroxylation is 1. The minimum absolute atomic E-state index is 0.403. The summed E-state index contributed by atoms with van der Waals surface area (Å²) in [6.07, 6.45) is 1.85. The molecule has 1 N–H and O–H groups in total. The van der Waals surface area contributed by atoms with Crippen molar-refractivity contribution in [2.24, 2.45) is 0 Å². The third-order valence-electron chi connectivity index (χ3n) is 1.93. The van der Waals surface area contributed by atoms with Crippen molar-refractivity contribution >= 4 is 20.5 Å². The number of hydrogen-bond acceptors (Lipinski definition) is 2. The molecule has 0 saturated heterocycles. The molecule has 0 aromatic heterocycles. The predicted molar refractivity (Wildman–Crippen MR) is 57.9 cm³/mol. The van der Waals surface area contributed by atoms with Crippen LogP contribution in [0.25, 0.3) is 0 Å². The normalized spacial score (nSPS) is 10.1. The van der Waals surface area contributed by atoms with Gasteiger partial charge in [0.2, 0.25) is 0 Å². The zero-order valence-corrected chi connectivity index (χ0v) is 8.14. The summed E-state index contributed by atoms with van der Waals surface area (Å²) < 4.78 is 0. The Morgan fingerprint density at radius 2 is 2.17 bits per heavy atom. The quantitative estimate of drug-likeness (QED) is 0.525. The van der Waals surface area contributed by atoms with Gasteiger partial charge in [-0.15, -0.1) is 0 Å². The molecule has 1 rings (SSSR count). The van der Waals surface area contributed by atoms with Gasteiger partial charge in [0.1, 0.15) is 13.6 Å². The van der Waals surface area contributed by atoms with E-state index in [-0.39, 0.29) is 0 Å². The maximum Gasteiger partial charge on any atom is 0.118 e. The number of aromatic hydroxyl groups is 1. The van der Waals surface area contributed by atoms with Gasteiger partial charge in [0.25, 0.3) is 0 Å². The highest BCUT2D eigenvalue weighted by molar-refractivity contribution is 7.80. The molecule has 0 amide bonds. The predicted octanol–water partition coefficient (Wildman–Crippen LogP) is 0.998. The highest BCUT2D eigenvalue weighted by atomic mass is 32.1. The van der Waals surface area contributed by atoms with Crippen LogP contribution in [0.4, 0.5) is 0 Å². The molecule has 0 radical (unpaired) electrons. The van der Waals surface area contributed by atoms with E-state index in [1.165, 1.54) is 5.56 Å². The number of phenols is 1. The molecule has 1 nitrogen and oxygen atoms in total. The molecule has 12 heavy (non-hydrogen) atoms. The number of rotatable bonds is 3. The Morgan fingerprint density at radius 3 is 2.75 bits per heavy atom. The molecular weight excluding hydrogens is 167 g/mol. The Labute approximate surface area is 79.6 Å². The van der Waals surface area contributed by atoms with Gasteiger partial charge in [-0.2, -0.15) is 12.6 Å². The summed E-state index contributed by atoms with van der Waals surface area (Å²) in [5.41, 5.74) is 2.27. The van der Waals surface area contributed by atoms with E-state index in [9.17, 15) is 5.11 Å². The lowest BCUT2D eigenvalue weighted by atomic mass is 9.94. The van der Waals surface area contributed by atoms with Gasteiger partial charge >= 0.3 is 0 Å². The average molecular weight is 180 g/mol. The van der Waals surface area contributed by atoms with Crippen LogP contribution in [0, 0.1) is 0 Å². The second-order valence-corrected chi connectivity index (χ2v) is 3.24. The van der Waals surface area contributed by atoms with E-state index in [0.717, 1.165) is 24.1 Å². The molecule has 0 fully saturated rings. The molecule has 0 heterocycles. The lowest BCUT2D eigenvalue weighted by molar-refractivity contribution is 0.470. The summed E-state index contributed by atoms with van der Waals surface area (Å²) in [6.45, 7) is 0. The first kappa shape index (κ1) is 9.52. The van der Waals surface area contributed by atoms with Crippen molar-refractivity contribution in [3.63, 3.8) is 0 Å². The monoisotopic (exact) mass is 180 g/mol. The molecule has 0 aliphatic carbocycles. The van der Waals surface area contributed by atoms with Gasteiger partial charge in [-0.3, -0.25) is 0 Å². The van der Waals surface area contributed by atoms with Crippen molar-refractivity contribution in [1.29, 1.82) is 0 Å². The molecular formula is C9H13BOS. The lowest BCUT2D eigenvalue weighted by Gasteiger charge is -2.04. The largest absolute Gasteiger partial charge is 0.508 e. The Balaban J connectivity index is 2.89. The summed E-state index contributed by atoms with van der Waals surface area (Å²) >= 11 is 4.16. The van der Waals surface area contributed by atoms with Crippen LogP contribution in [0.2, 0.25) is 0 Å². The van der Waals surface area contributed by atoms with Crippen LogP contribution < -0.4 is 0 Å². The van der Waals surface area contributed by atoms with Crippen LogP contribution in [0.5, 0.6) is 5.75 Å². The van der Waals surface area contributed by atoms with Crippen LogP contribution in [0.1, 0.15) is 11.1 Å². The average Bonchev–Trinajstić information content (AvgIpc) is 2.09. The molecule has 0 unspecified atom stereocenters. The smallest absolute Gasteiger partial charge is 0.118 e. The van der Waals surface area contributed by atoms with E-state index in [1.54, 1.807) is 6.07 Å². The second kappa shape index (κ2) is 4.46. The highest BCUT2D eigenvalue weighted by Crippen LogP contribution is 2.18. The maximum atomic E-state index is 9.38. The van der Waals surface area contributed by atoms with Gasteiger partial charge < -0.3 is 5.11 Å². The van der Waals surface area contributed by atoms with E-state index in [0.29, 0.717) is 5.75 Å². The van der Waals surface area contributed by atoms with Crippen LogP contribution in [-0.4, -0.2) is 18.7 Å². The fourth-order valence-corrected chi connectivity index (χ4v) is 1.46. The van der Waals surface area contributed by atoms with Gasteiger partial charge in [0.05, 0.1) is 0 Å². The first-order valence-electron chi connectivity index (χ1n) is 4.19. The Hall–Kier alpha value is -0.565. The molecule has 0 aliphatic rings. The van der Waals surface area contributed by atoms with Gasteiger partial charge in [-0.25, -0.2) is 0 Å². The highest BCUT2D eigenvalue weighted by Gasteiger charge is 1.99. The van der Waals surface area contributed by atoms with Crippen LogP contribution in [-0.2, 0) is 12.7 Å². The van der Waals surface area contributed by atoms with Crippen molar-refractivity contribution in [2.45, 2.75) is 12.7 Å². The van der Waals surface area contributed by atoms with Gasteiger partial charge in [0, 0.05) is 0 Å². The zero-order chi connectivity index (χ0) is 8.97. The van der Waals surface area contributed by atoms with Crippen LogP contribution in [0.15, 0.2) is 18.2 Å². The van der Waals surface area contributed by atoms with E-state index in [2.05, 4.69) is 12.6 Å².